The molecule has 0 bridgehead atoms. The average Bonchev–Trinajstić information content (AvgIpc) is 2.21. The van der Waals surface area contributed by atoms with Crippen LogP contribution in [0.25, 0.3) is 0 Å². The first-order valence-electron chi connectivity index (χ1n) is 4.37. The Balaban J connectivity index is 3.22. The minimum absolute atomic E-state index is 0.392. The van der Waals surface area contributed by atoms with Gasteiger partial charge in [0.1, 0.15) is 0 Å². The molecule has 1 aromatic rings. The van der Waals surface area contributed by atoms with Crippen molar-refractivity contribution >= 4 is 34.8 Å². The number of esters is 1. The first kappa shape index (κ1) is 12.8. The van der Waals surface area contributed by atoms with Gasteiger partial charge in [0.05, 0.1) is 16.9 Å². The van der Waals surface area contributed by atoms with Gasteiger partial charge in [-0.25, -0.2) is 0 Å². The predicted molar refractivity (Wildman–Crippen MR) is 68.8 cm³/mol. The van der Waals surface area contributed by atoms with Crippen LogP contribution in [0.4, 0.5) is 0 Å². The lowest BCUT2D eigenvalue weighted by molar-refractivity contribution is -0.132. The summed E-state index contributed by atoms with van der Waals surface area (Å²) in [5.74, 6) is 5.55. The highest BCUT2D eigenvalue weighted by Crippen LogP contribution is 2.33. The van der Waals surface area contributed by atoms with Crippen LogP contribution in [0.1, 0.15) is 12.5 Å². The molecule has 0 saturated heterocycles. The SMILES string of the molecule is COc1cc(C=NN)cc(I)c1OC(C)=O. The van der Waals surface area contributed by atoms with Gasteiger partial charge in [0.2, 0.25) is 0 Å². The molecule has 86 valence electrons. The lowest BCUT2D eigenvalue weighted by Gasteiger charge is -2.10. The lowest BCUT2D eigenvalue weighted by atomic mass is 10.2. The fraction of sp³-hybridized carbons (Fsp3) is 0.200. The number of nitrogens with zero attached hydrogens (tertiary/aromatic N) is 1. The first-order chi connectivity index (χ1) is 7.58. The van der Waals surface area contributed by atoms with Crippen molar-refractivity contribution < 1.29 is 14.3 Å². The Kier molecular flexibility index (Phi) is 4.53. The van der Waals surface area contributed by atoms with Crippen molar-refractivity contribution in [2.45, 2.75) is 6.92 Å². The van der Waals surface area contributed by atoms with E-state index in [1.54, 1.807) is 12.1 Å². The highest BCUT2D eigenvalue weighted by Gasteiger charge is 2.12. The molecule has 0 heterocycles. The zero-order valence-electron chi connectivity index (χ0n) is 8.86. The maximum Gasteiger partial charge on any atom is 0.308 e. The van der Waals surface area contributed by atoms with E-state index in [-0.39, 0.29) is 0 Å². The Morgan fingerprint density at radius 2 is 2.25 bits per heavy atom. The molecule has 1 aromatic carbocycles. The summed E-state index contributed by atoms with van der Waals surface area (Å²) in [6.07, 6.45) is 1.49. The van der Waals surface area contributed by atoms with Crippen molar-refractivity contribution in [1.29, 1.82) is 0 Å². The fourth-order valence-electron chi connectivity index (χ4n) is 1.14. The van der Waals surface area contributed by atoms with Crippen LogP contribution in [-0.4, -0.2) is 19.3 Å². The minimum Gasteiger partial charge on any atom is -0.493 e. The molecular formula is C10H11IN2O3. The number of hydrogen-bond donors (Lipinski definition) is 1. The molecule has 6 heteroatoms. The monoisotopic (exact) mass is 334 g/mol. The number of hydrazone groups is 1. The molecule has 0 aromatic heterocycles. The first-order valence-corrected chi connectivity index (χ1v) is 5.45. The van der Waals surface area contributed by atoms with Gasteiger partial charge >= 0.3 is 5.97 Å². The van der Waals surface area contributed by atoms with Crippen molar-refractivity contribution in [2.75, 3.05) is 7.11 Å². The standard InChI is InChI=1S/C10H11IN2O3/c1-6(14)16-10-8(11)3-7(5-13-12)4-9(10)15-2/h3-5H,12H2,1-2H3. The summed E-state index contributed by atoms with van der Waals surface area (Å²) < 4.78 is 10.9. The van der Waals surface area contributed by atoms with E-state index in [4.69, 9.17) is 15.3 Å². The molecule has 16 heavy (non-hydrogen) atoms. The molecule has 0 aliphatic carbocycles. The van der Waals surface area contributed by atoms with E-state index in [0.717, 1.165) is 9.13 Å². The molecule has 0 aliphatic heterocycles. The second-order valence-electron chi connectivity index (χ2n) is 2.91. The number of hydrogen-bond acceptors (Lipinski definition) is 5. The maximum atomic E-state index is 10.9. The second-order valence-corrected chi connectivity index (χ2v) is 4.07. The number of methoxy groups -OCH3 is 1. The number of carbonyl (C=O) groups excluding carboxylic acids is 1. The molecule has 0 radical (unpaired) electrons. The Hall–Kier alpha value is -1.31. The zero-order valence-corrected chi connectivity index (χ0v) is 11.0. The summed E-state index contributed by atoms with van der Waals surface area (Å²) in [7, 11) is 1.50. The van der Waals surface area contributed by atoms with E-state index >= 15 is 0 Å². The molecule has 0 saturated carbocycles. The molecule has 5 nitrogen and oxygen atoms in total. The molecular weight excluding hydrogens is 323 g/mol. The highest BCUT2D eigenvalue weighted by atomic mass is 127. The lowest BCUT2D eigenvalue weighted by Crippen LogP contribution is -2.05. The van der Waals surface area contributed by atoms with Crippen LogP contribution >= 0.6 is 22.6 Å². The largest absolute Gasteiger partial charge is 0.493 e. The van der Waals surface area contributed by atoms with Crippen molar-refractivity contribution in [1.82, 2.24) is 0 Å². The molecule has 0 spiro atoms. The molecule has 0 aliphatic rings. The Bertz CT molecular complexity index is 432. The van der Waals surface area contributed by atoms with Gasteiger partial charge in [0.15, 0.2) is 11.5 Å². The number of halogens is 1. The molecule has 1 rings (SSSR count). The van der Waals surface area contributed by atoms with E-state index < -0.39 is 5.97 Å². The Labute approximate surface area is 107 Å². The summed E-state index contributed by atoms with van der Waals surface area (Å²) in [5.41, 5.74) is 0.777. The van der Waals surface area contributed by atoms with E-state index in [1.807, 2.05) is 22.6 Å². The van der Waals surface area contributed by atoms with Gasteiger partial charge in [-0.2, -0.15) is 5.10 Å². The summed E-state index contributed by atoms with van der Waals surface area (Å²) in [5, 5.41) is 3.42. The molecule has 2 N–H and O–H groups in total. The van der Waals surface area contributed by atoms with E-state index in [1.165, 1.54) is 20.2 Å². The number of benzene rings is 1. The van der Waals surface area contributed by atoms with E-state index in [2.05, 4.69) is 5.10 Å². The van der Waals surface area contributed by atoms with Crippen LogP contribution in [0.15, 0.2) is 17.2 Å². The van der Waals surface area contributed by atoms with E-state index in [9.17, 15) is 4.79 Å². The third kappa shape index (κ3) is 3.09. The summed E-state index contributed by atoms with van der Waals surface area (Å²) in [4.78, 5) is 10.9. The van der Waals surface area contributed by atoms with Gasteiger partial charge in [-0.1, -0.05) is 0 Å². The molecule has 0 amide bonds. The summed E-state index contributed by atoms with van der Waals surface area (Å²) >= 11 is 2.05. The summed E-state index contributed by atoms with van der Waals surface area (Å²) in [6, 6.07) is 3.48. The van der Waals surface area contributed by atoms with Gasteiger partial charge in [-0.15, -0.1) is 0 Å². The van der Waals surface area contributed by atoms with Crippen LogP contribution in [0, 0.1) is 3.57 Å². The smallest absolute Gasteiger partial charge is 0.308 e. The Morgan fingerprint density at radius 1 is 1.56 bits per heavy atom. The van der Waals surface area contributed by atoms with Gasteiger partial charge in [0, 0.05) is 6.92 Å². The van der Waals surface area contributed by atoms with Crippen LogP contribution < -0.4 is 15.3 Å². The predicted octanol–water partition coefficient (Wildman–Crippen LogP) is 1.52. The Morgan fingerprint density at radius 3 is 2.75 bits per heavy atom. The van der Waals surface area contributed by atoms with Crippen LogP contribution in [0.2, 0.25) is 0 Å². The van der Waals surface area contributed by atoms with Crippen molar-refractivity contribution in [3.05, 3.63) is 21.3 Å². The highest BCUT2D eigenvalue weighted by molar-refractivity contribution is 14.1. The van der Waals surface area contributed by atoms with Gasteiger partial charge in [-0.3, -0.25) is 4.79 Å². The minimum atomic E-state index is -0.392. The average molecular weight is 334 g/mol. The molecule has 0 unspecified atom stereocenters. The number of nitrogens with two attached hydrogens (primary N) is 1. The van der Waals surface area contributed by atoms with Crippen molar-refractivity contribution in [3.63, 3.8) is 0 Å². The van der Waals surface area contributed by atoms with Gasteiger partial charge in [-0.05, 0) is 40.3 Å². The van der Waals surface area contributed by atoms with Crippen LogP contribution in [0.5, 0.6) is 11.5 Å². The second kappa shape index (κ2) is 5.69. The van der Waals surface area contributed by atoms with Crippen LogP contribution in [0.3, 0.4) is 0 Å². The molecule has 0 atom stereocenters. The fourth-order valence-corrected chi connectivity index (χ4v) is 1.88. The van der Waals surface area contributed by atoms with Crippen LogP contribution in [-0.2, 0) is 4.79 Å². The van der Waals surface area contributed by atoms with Crippen molar-refractivity contribution in [3.8, 4) is 11.5 Å². The number of carbonyl (C=O) groups is 1. The third-order valence-corrected chi connectivity index (χ3v) is 2.52. The van der Waals surface area contributed by atoms with E-state index in [0.29, 0.717) is 11.5 Å². The quantitative estimate of drug-likeness (QED) is 0.227. The maximum absolute atomic E-state index is 10.9. The van der Waals surface area contributed by atoms with Gasteiger partial charge in [0.25, 0.3) is 0 Å². The third-order valence-electron chi connectivity index (χ3n) is 1.72. The zero-order chi connectivity index (χ0) is 12.1. The number of rotatable bonds is 3. The van der Waals surface area contributed by atoms with Crippen molar-refractivity contribution in [2.24, 2.45) is 10.9 Å². The normalized spacial score (nSPS) is 10.4. The summed E-state index contributed by atoms with van der Waals surface area (Å²) in [6.45, 7) is 1.34. The molecule has 0 fully saturated rings. The van der Waals surface area contributed by atoms with Gasteiger partial charge < -0.3 is 15.3 Å². The topological polar surface area (TPSA) is 73.9 Å². The number of ether oxygens (including phenoxy) is 2.